The molecular formula is C14H9N3O4. The van der Waals surface area contributed by atoms with Crippen LogP contribution in [0.3, 0.4) is 0 Å². The number of nitrogens with zero attached hydrogens (tertiary/aromatic N) is 1. The second-order valence-corrected chi connectivity index (χ2v) is 4.54. The number of fused-ring (bicyclic) bond motifs is 2. The highest BCUT2D eigenvalue weighted by Gasteiger charge is 2.18. The minimum atomic E-state index is -0.568. The predicted molar refractivity (Wildman–Crippen MR) is 72.5 cm³/mol. The third-order valence-corrected chi connectivity index (χ3v) is 3.41. The third kappa shape index (κ3) is 1.54. The molecule has 3 aromatic carbocycles. The van der Waals surface area contributed by atoms with Gasteiger partial charge in [0, 0.05) is 0 Å². The van der Waals surface area contributed by atoms with Crippen LogP contribution in [0.15, 0.2) is 34.2 Å². The molecule has 0 amide bonds. The second kappa shape index (κ2) is 4.14. The molecular weight excluding hydrogens is 274 g/mol. The van der Waals surface area contributed by atoms with E-state index in [0.29, 0.717) is 0 Å². The molecule has 0 unspecified atom stereocenters. The Morgan fingerprint density at radius 3 is 1.95 bits per heavy atom. The molecule has 0 heterocycles. The van der Waals surface area contributed by atoms with Crippen molar-refractivity contribution >= 4 is 21.5 Å². The van der Waals surface area contributed by atoms with Gasteiger partial charge in [0.25, 0.3) is 0 Å². The second-order valence-electron chi connectivity index (χ2n) is 4.54. The Morgan fingerprint density at radius 1 is 0.810 bits per heavy atom. The maximum Gasteiger partial charge on any atom is 0.190 e. The van der Waals surface area contributed by atoms with Gasteiger partial charge in [-0.05, 0) is 24.3 Å². The summed E-state index contributed by atoms with van der Waals surface area (Å²) < 4.78 is 0. The number of phenolic OH excluding ortho intramolecular Hbond substituents is 2. The van der Waals surface area contributed by atoms with E-state index in [4.69, 9.17) is 16.0 Å². The van der Waals surface area contributed by atoms with Crippen LogP contribution in [0.1, 0.15) is 0 Å². The van der Waals surface area contributed by atoms with Crippen LogP contribution in [0.5, 0.6) is 11.5 Å². The van der Waals surface area contributed by atoms with Crippen LogP contribution in [0, 0.1) is 10.8 Å². The van der Waals surface area contributed by atoms with Crippen LogP contribution in [-0.4, -0.2) is 15.4 Å². The Morgan fingerprint density at radius 2 is 1.33 bits per heavy atom. The Balaban J connectivity index is 2.93. The van der Waals surface area contributed by atoms with Crippen molar-refractivity contribution in [2.75, 3.05) is 0 Å². The lowest BCUT2D eigenvalue weighted by atomic mass is 9.99. The predicted octanol–water partition coefficient (Wildman–Crippen LogP) is -0.111. The highest BCUT2D eigenvalue weighted by molar-refractivity contribution is 6.09. The number of phenols is 2. The molecule has 0 aliphatic carbocycles. The van der Waals surface area contributed by atoms with Gasteiger partial charge in [-0.3, -0.25) is 4.79 Å². The molecule has 0 saturated heterocycles. The number of rotatable bonds is 0. The summed E-state index contributed by atoms with van der Waals surface area (Å²) in [5.41, 5.74) is -0.568. The molecule has 0 spiro atoms. The van der Waals surface area contributed by atoms with Crippen molar-refractivity contribution in [3.63, 3.8) is 0 Å². The van der Waals surface area contributed by atoms with Gasteiger partial charge in [0.2, 0.25) is 0 Å². The van der Waals surface area contributed by atoms with Crippen LogP contribution in [0.25, 0.3) is 21.5 Å². The Bertz CT molecular complexity index is 1130. The zero-order valence-electron chi connectivity index (χ0n) is 10.5. The van der Waals surface area contributed by atoms with Crippen molar-refractivity contribution in [1.29, 1.82) is 10.8 Å². The van der Waals surface area contributed by atoms with E-state index < -0.39 is 16.9 Å². The third-order valence-electron chi connectivity index (χ3n) is 3.41. The molecule has 0 fully saturated rings. The Hall–Kier alpha value is -3.22. The summed E-state index contributed by atoms with van der Waals surface area (Å²) >= 11 is 0. The molecule has 0 radical (unpaired) electrons. The van der Waals surface area contributed by atoms with E-state index in [2.05, 4.69) is 5.16 Å². The van der Waals surface area contributed by atoms with Gasteiger partial charge in [-0.2, -0.15) is 0 Å². The van der Waals surface area contributed by atoms with Crippen molar-refractivity contribution in [3.05, 3.63) is 50.6 Å². The Labute approximate surface area is 116 Å². The van der Waals surface area contributed by atoms with E-state index in [1.807, 2.05) is 0 Å². The molecule has 104 valence electrons. The lowest BCUT2D eigenvalue weighted by molar-refractivity contribution is 0.302. The summed E-state index contributed by atoms with van der Waals surface area (Å²) in [4.78, 5) is 11.9. The normalized spacial score (nSPS) is 12.3. The fourth-order valence-electron chi connectivity index (χ4n) is 2.48. The van der Waals surface area contributed by atoms with E-state index in [1.54, 1.807) is 0 Å². The number of hydrogen-bond donors (Lipinski definition) is 5. The van der Waals surface area contributed by atoms with Crippen molar-refractivity contribution in [3.8, 4) is 11.5 Å². The van der Waals surface area contributed by atoms with Crippen LogP contribution in [0.4, 0.5) is 0 Å². The van der Waals surface area contributed by atoms with Gasteiger partial charge in [0.05, 0.1) is 32.3 Å². The van der Waals surface area contributed by atoms with Crippen molar-refractivity contribution in [1.82, 2.24) is 0 Å². The van der Waals surface area contributed by atoms with Crippen LogP contribution >= 0.6 is 0 Å². The maximum absolute atomic E-state index is 11.9. The standard InChI is InChI=1S/C14H9N3O4/c15-5-1-3-7(17-21)11-9(5)14(20)12-8(18)4-2-6(16)10(12)13(11)19/h1-4,15-16,19-21H. The van der Waals surface area contributed by atoms with Crippen LogP contribution in [0.2, 0.25) is 0 Å². The maximum atomic E-state index is 11.9. The fourth-order valence-corrected chi connectivity index (χ4v) is 2.48. The summed E-state index contributed by atoms with van der Waals surface area (Å²) in [5.74, 6) is -0.977. The molecule has 0 atom stereocenters. The SMILES string of the molecule is N=c1ccc(=O)c2c(O)c3c(=N)ccc(=NO)c3c(O)c12. The van der Waals surface area contributed by atoms with E-state index in [0.717, 1.165) is 6.07 Å². The van der Waals surface area contributed by atoms with Crippen molar-refractivity contribution in [2.24, 2.45) is 5.16 Å². The molecule has 0 saturated carbocycles. The van der Waals surface area contributed by atoms with E-state index in [9.17, 15) is 15.0 Å². The lowest BCUT2D eigenvalue weighted by Gasteiger charge is -2.08. The van der Waals surface area contributed by atoms with Crippen molar-refractivity contribution < 1.29 is 15.4 Å². The molecule has 3 aromatic rings. The van der Waals surface area contributed by atoms with E-state index >= 15 is 0 Å². The van der Waals surface area contributed by atoms with Crippen LogP contribution < -0.4 is 21.5 Å². The average Bonchev–Trinajstić information content (AvgIpc) is 2.46. The molecule has 7 heteroatoms. The summed E-state index contributed by atoms with van der Waals surface area (Å²) in [6.45, 7) is 0. The van der Waals surface area contributed by atoms with Gasteiger partial charge in [0.1, 0.15) is 16.9 Å². The molecule has 0 aromatic heterocycles. The van der Waals surface area contributed by atoms with Gasteiger partial charge in [-0.25, -0.2) is 0 Å². The first-order chi connectivity index (χ1) is 9.97. The quantitative estimate of drug-likeness (QED) is 0.170. The first-order valence-electron chi connectivity index (χ1n) is 5.90. The highest BCUT2D eigenvalue weighted by Crippen LogP contribution is 2.34. The monoisotopic (exact) mass is 283 g/mol. The van der Waals surface area contributed by atoms with E-state index in [-0.39, 0.29) is 37.6 Å². The molecule has 0 aliphatic heterocycles. The van der Waals surface area contributed by atoms with Gasteiger partial charge < -0.3 is 26.2 Å². The molecule has 0 bridgehead atoms. The molecule has 3 rings (SSSR count). The number of hydrogen-bond acceptors (Lipinski definition) is 7. The van der Waals surface area contributed by atoms with Gasteiger partial charge >= 0.3 is 0 Å². The zero-order valence-corrected chi connectivity index (χ0v) is 10.5. The minimum absolute atomic E-state index is 0.0635. The van der Waals surface area contributed by atoms with Gasteiger partial charge in [0.15, 0.2) is 5.43 Å². The highest BCUT2D eigenvalue weighted by atomic mass is 16.4. The average molecular weight is 283 g/mol. The Kier molecular flexibility index (Phi) is 2.52. The van der Waals surface area contributed by atoms with Crippen LogP contribution in [-0.2, 0) is 0 Å². The fraction of sp³-hybridized carbons (Fsp3) is 0. The summed E-state index contributed by atoms with van der Waals surface area (Å²) in [5, 5.41) is 47.4. The summed E-state index contributed by atoms with van der Waals surface area (Å²) in [6, 6.07) is 4.88. The largest absolute Gasteiger partial charge is 0.506 e. The first-order valence-corrected chi connectivity index (χ1v) is 5.90. The van der Waals surface area contributed by atoms with Gasteiger partial charge in [-0.15, -0.1) is 0 Å². The van der Waals surface area contributed by atoms with Gasteiger partial charge in [-0.1, -0.05) is 5.16 Å². The molecule has 0 aliphatic rings. The summed E-state index contributed by atoms with van der Waals surface area (Å²) in [6.07, 6.45) is 0. The smallest absolute Gasteiger partial charge is 0.190 e. The first kappa shape index (κ1) is 12.8. The molecule has 21 heavy (non-hydrogen) atoms. The number of nitrogens with one attached hydrogen (secondary N) is 2. The van der Waals surface area contributed by atoms with Crippen molar-refractivity contribution in [2.45, 2.75) is 0 Å². The summed E-state index contributed by atoms with van der Waals surface area (Å²) in [7, 11) is 0. The molecule has 5 N–H and O–H groups in total. The minimum Gasteiger partial charge on any atom is -0.506 e. The lowest BCUT2D eigenvalue weighted by Crippen LogP contribution is -2.15. The topological polar surface area (TPSA) is 138 Å². The van der Waals surface area contributed by atoms with E-state index in [1.165, 1.54) is 18.2 Å². The number of aromatic hydroxyl groups is 2. The number of benzene rings is 3. The zero-order chi connectivity index (χ0) is 15.3. The molecule has 7 nitrogen and oxygen atoms in total.